The van der Waals surface area contributed by atoms with Gasteiger partial charge in [-0.2, -0.15) is 0 Å². The first-order chi connectivity index (χ1) is 12.1. The average molecular weight is 344 g/mol. The monoisotopic (exact) mass is 344 g/mol. The van der Waals surface area contributed by atoms with E-state index in [1.807, 2.05) is 25.1 Å². The van der Waals surface area contributed by atoms with Gasteiger partial charge in [0, 0.05) is 12.0 Å². The number of nitrogens with zero attached hydrogens (tertiary/aromatic N) is 2. The highest BCUT2D eigenvalue weighted by Gasteiger charge is 2.27. The molecule has 6 nitrogen and oxygen atoms in total. The third kappa shape index (κ3) is 3.26. The molecule has 0 saturated heterocycles. The van der Waals surface area contributed by atoms with Crippen molar-refractivity contribution in [3.8, 4) is 17.1 Å². The minimum Gasteiger partial charge on any atom is -0.496 e. The van der Waals surface area contributed by atoms with E-state index in [1.54, 1.807) is 7.11 Å². The molecule has 0 N–H and O–H groups in total. The molecule has 1 atom stereocenters. The van der Waals surface area contributed by atoms with E-state index in [1.165, 1.54) is 7.11 Å². The maximum absolute atomic E-state index is 12.2. The van der Waals surface area contributed by atoms with Crippen LogP contribution in [0.25, 0.3) is 11.4 Å². The smallest absolute Gasteiger partial charge is 0.358 e. The summed E-state index contributed by atoms with van der Waals surface area (Å²) in [5.74, 6) is 1.16. The molecular weight excluding hydrogens is 320 g/mol. The van der Waals surface area contributed by atoms with Crippen molar-refractivity contribution in [2.75, 3.05) is 20.8 Å². The highest BCUT2D eigenvalue weighted by molar-refractivity contribution is 5.89. The number of aryl methyl sites for hydroxylation is 1. The van der Waals surface area contributed by atoms with Gasteiger partial charge >= 0.3 is 5.97 Å². The van der Waals surface area contributed by atoms with Crippen LogP contribution < -0.4 is 4.74 Å². The zero-order chi connectivity index (χ0) is 18.0. The maximum Gasteiger partial charge on any atom is 0.358 e. The summed E-state index contributed by atoms with van der Waals surface area (Å²) >= 11 is 0. The summed E-state index contributed by atoms with van der Waals surface area (Å²) in [6.45, 7) is 5.33. The van der Waals surface area contributed by atoms with Crippen molar-refractivity contribution in [1.82, 2.24) is 9.55 Å². The Kier molecular flexibility index (Phi) is 5.08. The number of carbonyl (C=O) groups excluding carboxylic acids is 1. The molecule has 6 heteroatoms. The zero-order valence-corrected chi connectivity index (χ0v) is 15.2. The van der Waals surface area contributed by atoms with E-state index in [4.69, 9.17) is 14.2 Å². The molecule has 0 saturated carbocycles. The Morgan fingerprint density at radius 1 is 1.40 bits per heavy atom. The van der Waals surface area contributed by atoms with Crippen molar-refractivity contribution >= 4 is 5.97 Å². The van der Waals surface area contributed by atoms with Crippen LogP contribution in [0.5, 0.6) is 5.75 Å². The lowest BCUT2D eigenvalue weighted by Crippen LogP contribution is -2.15. The Balaban J connectivity index is 2.16. The van der Waals surface area contributed by atoms with Crippen LogP contribution in [0.15, 0.2) is 18.2 Å². The van der Waals surface area contributed by atoms with E-state index in [0.717, 1.165) is 34.8 Å². The number of esters is 1. The molecule has 0 aliphatic carbocycles. The first-order valence-corrected chi connectivity index (χ1v) is 8.55. The second-order valence-corrected chi connectivity index (χ2v) is 6.14. The predicted molar refractivity (Wildman–Crippen MR) is 94.1 cm³/mol. The molecule has 1 aromatic carbocycles. The molecule has 1 unspecified atom stereocenters. The number of fused-ring (bicyclic) bond motifs is 1. The second-order valence-electron chi connectivity index (χ2n) is 6.14. The Hall–Kier alpha value is -2.34. The molecule has 0 amide bonds. The Bertz CT molecular complexity index is 782. The highest BCUT2D eigenvalue weighted by atomic mass is 16.5. The van der Waals surface area contributed by atoms with Gasteiger partial charge < -0.3 is 18.8 Å². The highest BCUT2D eigenvalue weighted by Crippen LogP contribution is 2.30. The van der Waals surface area contributed by atoms with Gasteiger partial charge in [0.15, 0.2) is 5.69 Å². The SMILES string of the molecule is CCc1ccc(-c2nc(C(=O)OC)c3n2CC(C)OCC3)cc1OC. The molecule has 0 radical (unpaired) electrons. The van der Waals surface area contributed by atoms with E-state index in [-0.39, 0.29) is 6.10 Å². The number of hydrogen-bond acceptors (Lipinski definition) is 5. The van der Waals surface area contributed by atoms with Crippen molar-refractivity contribution in [3.63, 3.8) is 0 Å². The van der Waals surface area contributed by atoms with Crippen molar-refractivity contribution in [2.45, 2.75) is 39.3 Å². The van der Waals surface area contributed by atoms with Crippen molar-refractivity contribution in [3.05, 3.63) is 35.2 Å². The van der Waals surface area contributed by atoms with E-state index >= 15 is 0 Å². The summed E-state index contributed by atoms with van der Waals surface area (Å²) < 4.78 is 18.3. The fraction of sp³-hybridized carbons (Fsp3) is 0.474. The molecule has 0 fully saturated rings. The van der Waals surface area contributed by atoms with Crippen molar-refractivity contribution < 1.29 is 19.0 Å². The Morgan fingerprint density at radius 3 is 2.88 bits per heavy atom. The Morgan fingerprint density at radius 2 is 2.20 bits per heavy atom. The normalized spacial score (nSPS) is 16.9. The third-order valence-corrected chi connectivity index (χ3v) is 4.56. The van der Waals surface area contributed by atoms with Crippen LogP contribution in [0.1, 0.15) is 35.6 Å². The number of hydrogen-bond donors (Lipinski definition) is 0. The molecule has 25 heavy (non-hydrogen) atoms. The summed E-state index contributed by atoms with van der Waals surface area (Å²) in [5, 5.41) is 0. The first-order valence-electron chi connectivity index (χ1n) is 8.55. The first kappa shape index (κ1) is 17.5. The fourth-order valence-corrected chi connectivity index (χ4v) is 3.26. The van der Waals surface area contributed by atoms with Crippen LogP contribution >= 0.6 is 0 Å². The number of imidazole rings is 1. The number of aromatic nitrogens is 2. The number of carbonyl (C=O) groups is 1. The van der Waals surface area contributed by atoms with Gasteiger partial charge in [-0.3, -0.25) is 0 Å². The van der Waals surface area contributed by atoms with Crippen molar-refractivity contribution in [2.24, 2.45) is 0 Å². The topological polar surface area (TPSA) is 62.6 Å². The fourth-order valence-electron chi connectivity index (χ4n) is 3.26. The molecule has 2 aromatic rings. The maximum atomic E-state index is 12.2. The van der Waals surface area contributed by atoms with Crippen LogP contribution in [0.4, 0.5) is 0 Å². The Labute approximate surface area is 147 Å². The predicted octanol–water partition coefficient (Wildman–Crippen LogP) is 2.87. The van der Waals surface area contributed by atoms with Gasteiger partial charge in [0.1, 0.15) is 11.6 Å². The van der Waals surface area contributed by atoms with Gasteiger partial charge in [-0.05, 0) is 25.0 Å². The molecule has 2 heterocycles. The lowest BCUT2D eigenvalue weighted by Gasteiger charge is -2.14. The lowest BCUT2D eigenvalue weighted by atomic mass is 10.1. The van der Waals surface area contributed by atoms with Crippen LogP contribution in [0, 0.1) is 0 Å². The van der Waals surface area contributed by atoms with E-state index in [9.17, 15) is 4.79 Å². The van der Waals surface area contributed by atoms with Gasteiger partial charge in [0.2, 0.25) is 0 Å². The van der Waals surface area contributed by atoms with Gasteiger partial charge in [-0.1, -0.05) is 19.1 Å². The summed E-state index contributed by atoms with van der Waals surface area (Å²) in [7, 11) is 3.04. The van der Waals surface area contributed by atoms with Crippen LogP contribution in [-0.4, -0.2) is 42.5 Å². The minimum absolute atomic E-state index is 0.0523. The number of benzene rings is 1. The van der Waals surface area contributed by atoms with Crippen LogP contribution in [0.3, 0.4) is 0 Å². The molecule has 0 spiro atoms. The number of methoxy groups -OCH3 is 2. The molecule has 134 valence electrons. The summed E-state index contributed by atoms with van der Waals surface area (Å²) in [6, 6.07) is 6.05. The molecule has 0 bridgehead atoms. The summed E-state index contributed by atoms with van der Waals surface area (Å²) in [6.07, 6.45) is 1.57. The van der Waals surface area contributed by atoms with Gasteiger partial charge in [0.25, 0.3) is 0 Å². The van der Waals surface area contributed by atoms with Crippen LogP contribution in [0.2, 0.25) is 0 Å². The van der Waals surface area contributed by atoms with Gasteiger partial charge in [-0.15, -0.1) is 0 Å². The zero-order valence-electron chi connectivity index (χ0n) is 15.2. The summed E-state index contributed by atoms with van der Waals surface area (Å²) in [4.78, 5) is 16.8. The molecule has 1 aliphatic rings. The van der Waals surface area contributed by atoms with Crippen LogP contribution in [-0.2, 0) is 28.9 Å². The van der Waals surface area contributed by atoms with E-state index in [0.29, 0.717) is 25.3 Å². The summed E-state index contributed by atoms with van der Waals surface area (Å²) in [5.41, 5.74) is 3.29. The molecular formula is C19H24N2O4. The van der Waals surface area contributed by atoms with Gasteiger partial charge in [-0.25, -0.2) is 9.78 Å². The van der Waals surface area contributed by atoms with E-state index in [2.05, 4.69) is 16.5 Å². The number of ether oxygens (including phenoxy) is 3. The third-order valence-electron chi connectivity index (χ3n) is 4.56. The standard InChI is InChI=1S/C19H24N2O4/c1-5-13-6-7-14(10-16(13)23-3)18-20-17(19(22)24-4)15-8-9-25-12(2)11-21(15)18/h6-7,10,12H,5,8-9,11H2,1-4H3. The number of rotatable bonds is 4. The van der Waals surface area contributed by atoms with E-state index < -0.39 is 5.97 Å². The lowest BCUT2D eigenvalue weighted by molar-refractivity contribution is 0.0591. The molecule has 1 aromatic heterocycles. The van der Waals surface area contributed by atoms with Gasteiger partial charge in [0.05, 0.1) is 39.2 Å². The average Bonchev–Trinajstić information content (AvgIpc) is 2.87. The molecule has 1 aliphatic heterocycles. The quantitative estimate of drug-likeness (QED) is 0.798. The van der Waals surface area contributed by atoms with Crippen molar-refractivity contribution in [1.29, 1.82) is 0 Å². The molecule has 3 rings (SSSR count). The minimum atomic E-state index is -0.415. The largest absolute Gasteiger partial charge is 0.496 e. The second kappa shape index (κ2) is 7.27.